The third kappa shape index (κ3) is 3.52. The van der Waals surface area contributed by atoms with Crippen LogP contribution in [0, 0.1) is 5.92 Å². The van der Waals surface area contributed by atoms with Crippen LogP contribution < -0.4 is 5.32 Å². The largest absolute Gasteiger partial charge is 0.312 e. The van der Waals surface area contributed by atoms with Crippen molar-refractivity contribution in [3.63, 3.8) is 0 Å². The van der Waals surface area contributed by atoms with Crippen LogP contribution in [0.25, 0.3) is 0 Å². The molecule has 0 radical (unpaired) electrons. The molecule has 0 amide bonds. The molecule has 0 spiro atoms. The summed E-state index contributed by atoms with van der Waals surface area (Å²) in [5, 5.41) is 3.84. The first-order chi connectivity index (χ1) is 9.17. The molecule has 5 atom stereocenters. The average molecular weight is 266 g/mol. The van der Waals surface area contributed by atoms with E-state index in [1.165, 1.54) is 51.5 Å². The van der Waals surface area contributed by atoms with Gasteiger partial charge in [0.1, 0.15) is 0 Å². The van der Waals surface area contributed by atoms with E-state index >= 15 is 0 Å². The molecule has 112 valence electrons. The molecule has 1 saturated carbocycles. The fourth-order valence-corrected chi connectivity index (χ4v) is 4.35. The van der Waals surface area contributed by atoms with E-state index in [-0.39, 0.29) is 0 Å². The summed E-state index contributed by atoms with van der Waals surface area (Å²) in [5.74, 6) is 0.912. The smallest absolute Gasteiger partial charge is 0.0257 e. The highest BCUT2D eigenvalue weighted by Crippen LogP contribution is 2.36. The zero-order chi connectivity index (χ0) is 13.8. The monoisotopic (exact) mass is 266 g/mol. The highest BCUT2D eigenvalue weighted by Gasteiger charge is 2.40. The molecule has 1 saturated heterocycles. The summed E-state index contributed by atoms with van der Waals surface area (Å²) in [6.45, 7) is 10.7. The van der Waals surface area contributed by atoms with Crippen molar-refractivity contribution in [3.8, 4) is 0 Å². The summed E-state index contributed by atoms with van der Waals surface area (Å²) >= 11 is 0. The normalized spacial score (nSPS) is 40.7. The first-order valence-corrected chi connectivity index (χ1v) is 8.68. The van der Waals surface area contributed by atoms with Crippen LogP contribution in [-0.2, 0) is 0 Å². The molecule has 1 N–H and O–H groups in total. The van der Waals surface area contributed by atoms with Gasteiger partial charge >= 0.3 is 0 Å². The fourth-order valence-electron chi connectivity index (χ4n) is 4.35. The van der Waals surface area contributed by atoms with Gasteiger partial charge in [0.2, 0.25) is 0 Å². The van der Waals surface area contributed by atoms with Gasteiger partial charge in [0.05, 0.1) is 0 Å². The minimum absolute atomic E-state index is 0.741. The molecule has 1 aliphatic heterocycles. The van der Waals surface area contributed by atoms with Crippen molar-refractivity contribution in [3.05, 3.63) is 0 Å². The SMILES string of the molecule is CCCNC1CCC(C)CC1N1C(C)CCC1CC. The lowest BCUT2D eigenvalue weighted by Crippen LogP contribution is -2.56. The van der Waals surface area contributed by atoms with Gasteiger partial charge in [-0.05, 0) is 64.3 Å². The molecule has 0 aromatic carbocycles. The van der Waals surface area contributed by atoms with Gasteiger partial charge < -0.3 is 5.32 Å². The summed E-state index contributed by atoms with van der Waals surface area (Å²) in [7, 11) is 0. The second-order valence-corrected chi connectivity index (χ2v) is 6.98. The Morgan fingerprint density at radius 3 is 2.53 bits per heavy atom. The first-order valence-electron chi connectivity index (χ1n) is 8.68. The van der Waals surface area contributed by atoms with E-state index in [4.69, 9.17) is 0 Å². The number of hydrogen-bond acceptors (Lipinski definition) is 2. The fraction of sp³-hybridized carbons (Fsp3) is 1.00. The minimum Gasteiger partial charge on any atom is -0.312 e. The van der Waals surface area contributed by atoms with Crippen LogP contribution >= 0.6 is 0 Å². The molecule has 2 aliphatic rings. The van der Waals surface area contributed by atoms with Crippen molar-refractivity contribution in [2.75, 3.05) is 6.54 Å². The Hall–Kier alpha value is -0.0800. The van der Waals surface area contributed by atoms with Gasteiger partial charge in [-0.25, -0.2) is 0 Å². The van der Waals surface area contributed by atoms with Gasteiger partial charge in [-0.15, -0.1) is 0 Å². The molecule has 2 nitrogen and oxygen atoms in total. The standard InChI is InChI=1S/C17H34N2/c1-5-11-18-16-10-7-13(3)12-17(16)19-14(4)8-9-15(19)6-2/h13-18H,5-12H2,1-4H3. The van der Waals surface area contributed by atoms with Crippen molar-refractivity contribution in [1.29, 1.82) is 0 Å². The van der Waals surface area contributed by atoms with Crippen molar-refractivity contribution >= 4 is 0 Å². The van der Waals surface area contributed by atoms with Gasteiger partial charge in [-0.1, -0.05) is 20.8 Å². The lowest BCUT2D eigenvalue weighted by atomic mass is 9.81. The summed E-state index contributed by atoms with van der Waals surface area (Å²) in [6.07, 6.45) is 9.61. The number of nitrogens with one attached hydrogen (secondary N) is 1. The molecule has 19 heavy (non-hydrogen) atoms. The molecular weight excluding hydrogens is 232 g/mol. The summed E-state index contributed by atoms with van der Waals surface area (Å²) in [5.41, 5.74) is 0. The predicted molar refractivity (Wildman–Crippen MR) is 83.5 cm³/mol. The van der Waals surface area contributed by atoms with Crippen LogP contribution in [0.3, 0.4) is 0 Å². The van der Waals surface area contributed by atoms with E-state index < -0.39 is 0 Å². The number of likely N-dealkylation sites (tertiary alicyclic amines) is 1. The molecule has 0 aromatic rings. The molecule has 0 bridgehead atoms. The Morgan fingerprint density at radius 1 is 1.05 bits per heavy atom. The summed E-state index contributed by atoms with van der Waals surface area (Å²) in [6, 6.07) is 3.17. The van der Waals surface area contributed by atoms with Crippen molar-refractivity contribution in [2.24, 2.45) is 5.92 Å². The van der Waals surface area contributed by atoms with E-state index in [2.05, 4.69) is 37.9 Å². The first kappa shape index (κ1) is 15.3. The van der Waals surface area contributed by atoms with E-state index in [1.807, 2.05) is 0 Å². The van der Waals surface area contributed by atoms with Gasteiger partial charge in [0, 0.05) is 24.2 Å². The summed E-state index contributed by atoms with van der Waals surface area (Å²) < 4.78 is 0. The predicted octanol–water partition coefficient (Wildman–Crippen LogP) is 3.81. The highest BCUT2D eigenvalue weighted by molar-refractivity contribution is 4.97. The lowest BCUT2D eigenvalue weighted by Gasteiger charge is -2.45. The quantitative estimate of drug-likeness (QED) is 0.814. The van der Waals surface area contributed by atoms with Crippen LogP contribution in [0.5, 0.6) is 0 Å². The van der Waals surface area contributed by atoms with Crippen LogP contribution in [0.1, 0.15) is 72.6 Å². The highest BCUT2D eigenvalue weighted by atomic mass is 15.3. The molecule has 2 fully saturated rings. The number of hydrogen-bond donors (Lipinski definition) is 1. The molecule has 5 unspecified atom stereocenters. The molecule has 1 aliphatic carbocycles. The van der Waals surface area contributed by atoms with Crippen molar-refractivity contribution < 1.29 is 0 Å². The van der Waals surface area contributed by atoms with Gasteiger partial charge in [-0.3, -0.25) is 4.90 Å². The van der Waals surface area contributed by atoms with Crippen molar-refractivity contribution in [1.82, 2.24) is 10.2 Å². The van der Waals surface area contributed by atoms with Crippen LogP contribution in [0.15, 0.2) is 0 Å². The van der Waals surface area contributed by atoms with Crippen LogP contribution in [0.4, 0.5) is 0 Å². The van der Waals surface area contributed by atoms with Gasteiger partial charge in [0.15, 0.2) is 0 Å². The van der Waals surface area contributed by atoms with Crippen molar-refractivity contribution in [2.45, 2.75) is 96.8 Å². The van der Waals surface area contributed by atoms with Gasteiger partial charge in [-0.2, -0.15) is 0 Å². The molecule has 0 aromatic heterocycles. The topological polar surface area (TPSA) is 15.3 Å². The van der Waals surface area contributed by atoms with E-state index in [1.54, 1.807) is 0 Å². The number of nitrogens with zero attached hydrogens (tertiary/aromatic N) is 1. The molecule has 2 rings (SSSR count). The van der Waals surface area contributed by atoms with E-state index in [0.29, 0.717) is 0 Å². The summed E-state index contributed by atoms with van der Waals surface area (Å²) in [4.78, 5) is 2.89. The van der Waals surface area contributed by atoms with Gasteiger partial charge in [0.25, 0.3) is 0 Å². The molecule has 2 heteroatoms. The second-order valence-electron chi connectivity index (χ2n) is 6.98. The zero-order valence-corrected chi connectivity index (χ0v) is 13.5. The third-order valence-corrected chi connectivity index (χ3v) is 5.44. The average Bonchev–Trinajstić information content (AvgIpc) is 2.78. The Bertz CT molecular complexity index is 264. The van der Waals surface area contributed by atoms with E-state index in [9.17, 15) is 0 Å². The Kier molecular flexibility index (Phi) is 5.70. The molecular formula is C17H34N2. The Balaban J connectivity index is 2.07. The van der Waals surface area contributed by atoms with Crippen LogP contribution in [0.2, 0.25) is 0 Å². The lowest BCUT2D eigenvalue weighted by molar-refractivity contribution is 0.0617. The Morgan fingerprint density at radius 2 is 1.84 bits per heavy atom. The number of rotatable bonds is 5. The Labute approximate surface area is 120 Å². The maximum Gasteiger partial charge on any atom is 0.0257 e. The second kappa shape index (κ2) is 7.08. The third-order valence-electron chi connectivity index (χ3n) is 5.44. The van der Waals surface area contributed by atoms with E-state index in [0.717, 1.165) is 30.1 Å². The minimum atomic E-state index is 0.741. The maximum absolute atomic E-state index is 3.84. The van der Waals surface area contributed by atoms with Crippen LogP contribution in [-0.4, -0.2) is 35.6 Å². The molecule has 1 heterocycles. The zero-order valence-electron chi connectivity index (χ0n) is 13.5. The maximum atomic E-state index is 3.84.